The summed E-state index contributed by atoms with van der Waals surface area (Å²) in [5.74, 6) is 0. The summed E-state index contributed by atoms with van der Waals surface area (Å²) in [6.07, 6.45) is 5.40. The van der Waals surface area contributed by atoms with E-state index in [1.165, 1.54) is 56.4 Å². The molecule has 3 nitrogen and oxygen atoms in total. The molecule has 21 heavy (non-hydrogen) atoms. The van der Waals surface area contributed by atoms with E-state index in [1.807, 2.05) is 0 Å². The minimum Gasteiger partial charge on any atom is -0.362 e. The van der Waals surface area contributed by atoms with Gasteiger partial charge >= 0.3 is 0 Å². The lowest BCUT2D eigenvalue weighted by atomic mass is 10.1. The molecule has 0 amide bonds. The van der Waals surface area contributed by atoms with Crippen LogP contribution in [0, 0.1) is 13.8 Å². The summed E-state index contributed by atoms with van der Waals surface area (Å²) < 4.78 is 0. The van der Waals surface area contributed by atoms with Crippen LogP contribution in [0.3, 0.4) is 0 Å². The van der Waals surface area contributed by atoms with Crippen LogP contribution in [-0.4, -0.2) is 31.3 Å². The van der Waals surface area contributed by atoms with Crippen molar-refractivity contribution in [2.45, 2.75) is 39.5 Å². The normalized spacial score (nSPS) is 15.7. The maximum Gasteiger partial charge on any atom is 0.170 e. The Kier molecular flexibility index (Phi) is 6.46. The molecular formula is C17H28N3S+. The summed E-state index contributed by atoms with van der Waals surface area (Å²) in [5, 5.41) is 7.36. The van der Waals surface area contributed by atoms with Gasteiger partial charge in [0.2, 0.25) is 0 Å². The standard InChI is InChI=1S/C17H27N3S/c1-14-7-8-15(2)16(13-14)19-17(21)18-9-6-12-20-10-4-3-5-11-20/h7-8,13H,3-6,9-12H2,1-2H3,(H2,18,19,21)/p+1. The fourth-order valence-electron chi connectivity index (χ4n) is 2.88. The molecule has 0 aromatic heterocycles. The molecular weight excluding hydrogens is 278 g/mol. The summed E-state index contributed by atoms with van der Waals surface area (Å²) in [5.41, 5.74) is 3.58. The van der Waals surface area contributed by atoms with E-state index in [1.54, 1.807) is 4.90 Å². The van der Waals surface area contributed by atoms with Crippen LogP contribution in [0.4, 0.5) is 5.69 Å². The highest BCUT2D eigenvalue weighted by molar-refractivity contribution is 7.80. The molecule has 4 heteroatoms. The first-order valence-corrected chi connectivity index (χ1v) is 8.51. The third-order valence-electron chi connectivity index (χ3n) is 4.19. The van der Waals surface area contributed by atoms with Gasteiger partial charge in [0.25, 0.3) is 0 Å². The first-order valence-electron chi connectivity index (χ1n) is 8.11. The van der Waals surface area contributed by atoms with E-state index in [0.717, 1.165) is 17.3 Å². The number of quaternary nitrogens is 1. The number of thiocarbonyl (C=S) groups is 1. The number of likely N-dealkylation sites (tertiary alicyclic amines) is 1. The summed E-state index contributed by atoms with van der Waals surface area (Å²) in [6, 6.07) is 6.39. The Balaban J connectivity index is 1.66. The second-order valence-corrected chi connectivity index (χ2v) is 6.52. The molecule has 1 saturated heterocycles. The van der Waals surface area contributed by atoms with Gasteiger partial charge < -0.3 is 15.5 Å². The minimum absolute atomic E-state index is 0.734. The number of anilines is 1. The van der Waals surface area contributed by atoms with Crippen molar-refractivity contribution in [1.82, 2.24) is 5.32 Å². The van der Waals surface area contributed by atoms with Crippen molar-refractivity contribution in [2.75, 3.05) is 31.5 Å². The molecule has 1 aromatic carbocycles. The van der Waals surface area contributed by atoms with Gasteiger partial charge in [-0.25, -0.2) is 0 Å². The van der Waals surface area contributed by atoms with Crippen molar-refractivity contribution < 1.29 is 4.90 Å². The van der Waals surface area contributed by atoms with Crippen LogP contribution < -0.4 is 15.5 Å². The smallest absolute Gasteiger partial charge is 0.170 e. The van der Waals surface area contributed by atoms with Crippen LogP contribution in [-0.2, 0) is 0 Å². The average molecular weight is 306 g/mol. The van der Waals surface area contributed by atoms with Gasteiger partial charge in [0.05, 0.1) is 19.6 Å². The molecule has 0 aliphatic carbocycles. The molecule has 0 bridgehead atoms. The summed E-state index contributed by atoms with van der Waals surface area (Å²) in [4.78, 5) is 1.76. The van der Waals surface area contributed by atoms with Crippen LogP contribution in [0.5, 0.6) is 0 Å². The number of piperidine rings is 1. The Morgan fingerprint density at radius 2 is 1.95 bits per heavy atom. The van der Waals surface area contributed by atoms with Gasteiger partial charge in [-0.15, -0.1) is 0 Å². The van der Waals surface area contributed by atoms with Crippen LogP contribution >= 0.6 is 12.2 Å². The zero-order valence-electron chi connectivity index (χ0n) is 13.3. The number of hydrogen-bond acceptors (Lipinski definition) is 1. The van der Waals surface area contributed by atoms with E-state index < -0.39 is 0 Å². The lowest BCUT2D eigenvalue weighted by Crippen LogP contribution is -3.12. The highest BCUT2D eigenvalue weighted by Crippen LogP contribution is 2.15. The number of nitrogens with one attached hydrogen (secondary N) is 3. The SMILES string of the molecule is Cc1ccc(C)c(NC(=S)NCCC[NH+]2CCCCC2)c1. The van der Waals surface area contributed by atoms with Gasteiger partial charge in [-0.3, -0.25) is 0 Å². The largest absolute Gasteiger partial charge is 0.362 e. The Morgan fingerprint density at radius 1 is 1.19 bits per heavy atom. The van der Waals surface area contributed by atoms with Gasteiger partial charge in [0.1, 0.15) is 0 Å². The number of benzene rings is 1. The molecule has 1 fully saturated rings. The van der Waals surface area contributed by atoms with Gasteiger partial charge in [-0.1, -0.05) is 12.1 Å². The second kappa shape index (κ2) is 8.35. The highest BCUT2D eigenvalue weighted by atomic mass is 32.1. The Labute approximate surface area is 134 Å². The molecule has 0 unspecified atom stereocenters. The summed E-state index contributed by atoms with van der Waals surface area (Å²) in [7, 11) is 0. The van der Waals surface area contributed by atoms with Gasteiger partial charge in [0.15, 0.2) is 5.11 Å². The molecule has 1 aliphatic rings. The van der Waals surface area contributed by atoms with Crippen molar-refractivity contribution >= 4 is 23.0 Å². The van der Waals surface area contributed by atoms with Crippen molar-refractivity contribution in [1.29, 1.82) is 0 Å². The molecule has 1 aromatic rings. The lowest BCUT2D eigenvalue weighted by Gasteiger charge is -2.23. The van der Waals surface area contributed by atoms with Crippen molar-refractivity contribution in [2.24, 2.45) is 0 Å². The maximum atomic E-state index is 5.38. The molecule has 116 valence electrons. The lowest BCUT2D eigenvalue weighted by molar-refractivity contribution is -0.904. The molecule has 0 spiro atoms. The van der Waals surface area contributed by atoms with E-state index in [2.05, 4.69) is 42.7 Å². The van der Waals surface area contributed by atoms with E-state index >= 15 is 0 Å². The zero-order valence-corrected chi connectivity index (χ0v) is 14.1. The third-order valence-corrected chi connectivity index (χ3v) is 4.44. The van der Waals surface area contributed by atoms with E-state index in [0.29, 0.717) is 0 Å². The maximum absolute atomic E-state index is 5.38. The summed E-state index contributed by atoms with van der Waals surface area (Å²) >= 11 is 5.38. The van der Waals surface area contributed by atoms with E-state index in [4.69, 9.17) is 12.2 Å². The van der Waals surface area contributed by atoms with Gasteiger partial charge in [0, 0.05) is 18.7 Å². The minimum atomic E-state index is 0.734. The molecule has 0 atom stereocenters. The zero-order chi connectivity index (χ0) is 15.1. The Hall–Kier alpha value is -1.13. The predicted octanol–water partition coefficient (Wildman–Crippen LogP) is 2.05. The third kappa shape index (κ3) is 5.64. The van der Waals surface area contributed by atoms with Gasteiger partial charge in [-0.2, -0.15) is 0 Å². The fraction of sp³-hybridized carbons (Fsp3) is 0.588. The molecule has 1 aliphatic heterocycles. The van der Waals surface area contributed by atoms with Crippen LogP contribution in [0.1, 0.15) is 36.8 Å². The monoisotopic (exact) mass is 306 g/mol. The second-order valence-electron chi connectivity index (χ2n) is 6.11. The Bertz CT molecular complexity index is 467. The molecule has 0 saturated carbocycles. The van der Waals surface area contributed by atoms with Crippen LogP contribution in [0.2, 0.25) is 0 Å². The Morgan fingerprint density at radius 3 is 2.71 bits per heavy atom. The fourth-order valence-corrected chi connectivity index (χ4v) is 3.09. The predicted molar refractivity (Wildman–Crippen MR) is 94.2 cm³/mol. The van der Waals surface area contributed by atoms with E-state index in [9.17, 15) is 0 Å². The molecule has 1 heterocycles. The van der Waals surface area contributed by atoms with Crippen LogP contribution in [0.15, 0.2) is 18.2 Å². The van der Waals surface area contributed by atoms with Crippen molar-refractivity contribution in [3.8, 4) is 0 Å². The topological polar surface area (TPSA) is 28.5 Å². The quantitative estimate of drug-likeness (QED) is 0.574. The van der Waals surface area contributed by atoms with Gasteiger partial charge in [-0.05, 0) is 62.5 Å². The molecule has 3 N–H and O–H groups in total. The number of aryl methyl sites for hydroxylation is 2. The highest BCUT2D eigenvalue weighted by Gasteiger charge is 2.12. The molecule has 2 rings (SSSR count). The first-order chi connectivity index (χ1) is 10.1. The average Bonchev–Trinajstić information content (AvgIpc) is 2.48. The number of hydrogen-bond donors (Lipinski definition) is 3. The first kappa shape index (κ1) is 16.2. The van der Waals surface area contributed by atoms with E-state index in [-0.39, 0.29) is 0 Å². The van der Waals surface area contributed by atoms with Crippen LogP contribution in [0.25, 0.3) is 0 Å². The van der Waals surface area contributed by atoms with Crippen molar-refractivity contribution in [3.05, 3.63) is 29.3 Å². The van der Waals surface area contributed by atoms with Crippen molar-refractivity contribution in [3.63, 3.8) is 0 Å². The summed E-state index contributed by atoms with van der Waals surface area (Å²) in [6.45, 7) is 9.13. The number of rotatable bonds is 5. The molecule has 0 radical (unpaired) electrons.